The zero-order chi connectivity index (χ0) is 21.1. The first-order valence-corrected chi connectivity index (χ1v) is 10.0. The number of hydrogen-bond donors (Lipinski definition) is 1. The van der Waals surface area contributed by atoms with Gasteiger partial charge in [0.05, 0.1) is 16.9 Å². The number of sulfonamides is 1. The summed E-state index contributed by atoms with van der Waals surface area (Å²) in [7, 11) is -3.92. The molecule has 0 aliphatic rings. The Morgan fingerprint density at radius 3 is 2.36 bits per heavy atom. The van der Waals surface area contributed by atoms with Gasteiger partial charge in [-0.15, -0.1) is 0 Å². The number of nitrogens with one attached hydrogen (secondary N) is 1. The topological polar surface area (TPSA) is 127 Å². The highest BCUT2D eigenvalue weighted by Gasteiger charge is 2.30. The molecule has 0 unspecified atom stereocenters. The lowest BCUT2D eigenvalue weighted by Crippen LogP contribution is -2.45. The van der Waals surface area contributed by atoms with Crippen molar-refractivity contribution in [2.24, 2.45) is 0 Å². The molecular weight excluding hydrogens is 386 g/mol. The average Bonchev–Trinajstić information content (AvgIpc) is 2.61. The Kier molecular flexibility index (Phi) is 6.14. The van der Waals surface area contributed by atoms with E-state index in [-0.39, 0.29) is 17.2 Å². The number of non-ortho nitro benzene ring substituents is 1. The average molecular weight is 405 g/mol. The summed E-state index contributed by atoms with van der Waals surface area (Å²) in [5.41, 5.74) is 0.422. The number of carbonyl (C=O) groups excluding carboxylic acids is 2. The van der Waals surface area contributed by atoms with Crippen molar-refractivity contribution >= 4 is 38.8 Å². The van der Waals surface area contributed by atoms with E-state index >= 15 is 0 Å². The van der Waals surface area contributed by atoms with Crippen LogP contribution in [0, 0.1) is 10.1 Å². The first-order chi connectivity index (χ1) is 13.0. The highest BCUT2D eigenvalue weighted by atomic mass is 32.2. The van der Waals surface area contributed by atoms with Crippen LogP contribution in [0.15, 0.2) is 48.5 Å². The molecule has 10 heteroatoms. The largest absolute Gasteiger partial charge is 0.324 e. The lowest BCUT2D eigenvalue weighted by molar-refractivity contribution is -0.384. The van der Waals surface area contributed by atoms with Gasteiger partial charge >= 0.3 is 0 Å². The van der Waals surface area contributed by atoms with Crippen LogP contribution in [0.2, 0.25) is 0 Å². The second kappa shape index (κ2) is 8.17. The van der Waals surface area contributed by atoms with Crippen molar-refractivity contribution in [3.63, 3.8) is 0 Å². The van der Waals surface area contributed by atoms with E-state index in [9.17, 15) is 28.1 Å². The molecule has 0 fully saturated rings. The van der Waals surface area contributed by atoms with Gasteiger partial charge in [-0.05, 0) is 32.0 Å². The van der Waals surface area contributed by atoms with Crippen LogP contribution in [-0.4, -0.2) is 37.3 Å². The molecule has 0 saturated carbocycles. The molecule has 1 atom stereocenters. The fraction of sp³-hybridized carbons (Fsp3) is 0.222. The van der Waals surface area contributed by atoms with Crippen LogP contribution in [0.3, 0.4) is 0 Å². The zero-order valence-electron chi connectivity index (χ0n) is 15.4. The molecule has 0 aromatic heterocycles. The Bertz CT molecular complexity index is 1040. The molecule has 0 bridgehead atoms. The maximum atomic E-state index is 12.6. The number of carbonyl (C=O) groups is 2. The van der Waals surface area contributed by atoms with Crippen molar-refractivity contribution in [2.45, 2.75) is 19.9 Å². The highest BCUT2D eigenvalue weighted by Crippen LogP contribution is 2.26. The minimum atomic E-state index is -3.92. The predicted molar refractivity (Wildman–Crippen MR) is 105 cm³/mol. The first-order valence-electron chi connectivity index (χ1n) is 8.16. The Morgan fingerprint density at radius 1 is 1.14 bits per heavy atom. The molecular formula is C18H19N3O6S. The van der Waals surface area contributed by atoms with Gasteiger partial charge in [-0.2, -0.15) is 0 Å². The molecule has 0 heterocycles. The van der Waals surface area contributed by atoms with E-state index < -0.39 is 26.9 Å². The third-order valence-corrected chi connectivity index (χ3v) is 5.16. The van der Waals surface area contributed by atoms with Crippen molar-refractivity contribution in [1.29, 1.82) is 0 Å². The lowest BCUT2D eigenvalue weighted by Gasteiger charge is -2.28. The number of Topliss-reactive ketones (excluding diaryl/α,β-unsaturated/α-hetero) is 1. The summed E-state index contributed by atoms with van der Waals surface area (Å²) in [4.78, 5) is 34.4. The number of nitro groups is 1. The Balaban J connectivity index is 2.36. The van der Waals surface area contributed by atoms with E-state index in [1.807, 2.05) is 0 Å². The molecule has 148 valence electrons. The molecule has 2 aromatic carbocycles. The van der Waals surface area contributed by atoms with E-state index in [4.69, 9.17) is 0 Å². The van der Waals surface area contributed by atoms with Crippen LogP contribution < -0.4 is 9.62 Å². The van der Waals surface area contributed by atoms with Crippen LogP contribution in [-0.2, 0) is 14.8 Å². The van der Waals surface area contributed by atoms with Gasteiger partial charge in [0.1, 0.15) is 6.04 Å². The summed E-state index contributed by atoms with van der Waals surface area (Å²) < 4.78 is 25.4. The quantitative estimate of drug-likeness (QED) is 0.428. The van der Waals surface area contributed by atoms with Crippen molar-refractivity contribution < 1.29 is 22.9 Å². The monoisotopic (exact) mass is 405 g/mol. The molecule has 1 amide bonds. The molecule has 0 radical (unpaired) electrons. The van der Waals surface area contributed by atoms with Crippen LogP contribution in [0.5, 0.6) is 0 Å². The molecule has 0 spiro atoms. The molecule has 0 aliphatic heterocycles. The third-order valence-electron chi connectivity index (χ3n) is 3.92. The van der Waals surface area contributed by atoms with Crippen LogP contribution in [0.25, 0.3) is 0 Å². The van der Waals surface area contributed by atoms with Gasteiger partial charge < -0.3 is 5.32 Å². The van der Waals surface area contributed by atoms with Gasteiger partial charge in [0, 0.05) is 23.4 Å². The highest BCUT2D eigenvalue weighted by molar-refractivity contribution is 7.92. The van der Waals surface area contributed by atoms with E-state index in [1.54, 1.807) is 18.2 Å². The SMILES string of the molecule is CC(=O)c1cccc(NC(=O)[C@@H](C)N(c2cccc([N+](=O)[O-])c2)S(C)(=O)=O)c1. The number of hydrogen-bond acceptors (Lipinski definition) is 6. The van der Waals surface area contributed by atoms with E-state index in [1.165, 1.54) is 38.1 Å². The number of rotatable bonds is 7. The van der Waals surface area contributed by atoms with Crippen molar-refractivity contribution in [3.8, 4) is 0 Å². The normalized spacial score (nSPS) is 12.1. The molecule has 0 aliphatic carbocycles. The summed E-state index contributed by atoms with van der Waals surface area (Å²) in [6, 6.07) is 10.0. The van der Waals surface area contributed by atoms with E-state index in [0.717, 1.165) is 16.6 Å². The smallest absolute Gasteiger partial charge is 0.271 e. The van der Waals surface area contributed by atoms with Gasteiger partial charge in [-0.1, -0.05) is 18.2 Å². The molecule has 2 rings (SSSR count). The van der Waals surface area contributed by atoms with Crippen LogP contribution in [0.1, 0.15) is 24.2 Å². The third kappa shape index (κ3) is 4.92. The maximum Gasteiger partial charge on any atom is 0.271 e. The number of nitro benzene ring substituents is 1. The summed E-state index contributed by atoms with van der Waals surface area (Å²) >= 11 is 0. The molecule has 2 aromatic rings. The molecule has 0 saturated heterocycles. The van der Waals surface area contributed by atoms with E-state index in [2.05, 4.69) is 5.32 Å². The van der Waals surface area contributed by atoms with Gasteiger partial charge in [0.25, 0.3) is 5.69 Å². The minimum absolute atomic E-state index is 0.00293. The fourth-order valence-electron chi connectivity index (χ4n) is 2.62. The van der Waals surface area contributed by atoms with E-state index in [0.29, 0.717) is 11.3 Å². The van der Waals surface area contributed by atoms with Crippen molar-refractivity contribution in [3.05, 3.63) is 64.2 Å². The second-order valence-corrected chi connectivity index (χ2v) is 8.00. The number of benzene rings is 2. The zero-order valence-corrected chi connectivity index (χ0v) is 16.3. The maximum absolute atomic E-state index is 12.6. The second-order valence-electron chi connectivity index (χ2n) is 6.14. The van der Waals surface area contributed by atoms with Gasteiger partial charge in [0.2, 0.25) is 15.9 Å². The van der Waals surface area contributed by atoms with Gasteiger partial charge in [-0.3, -0.25) is 24.0 Å². The minimum Gasteiger partial charge on any atom is -0.324 e. The van der Waals surface area contributed by atoms with Crippen LogP contribution >= 0.6 is 0 Å². The summed E-state index contributed by atoms with van der Waals surface area (Å²) in [6.45, 7) is 2.75. The Hall–Kier alpha value is -3.27. The Labute approximate surface area is 162 Å². The predicted octanol–water partition coefficient (Wildman–Crippen LogP) is 2.59. The number of nitrogens with zero attached hydrogens (tertiary/aromatic N) is 2. The van der Waals surface area contributed by atoms with Crippen molar-refractivity contribution in [1.82, 2.24) is 0 Å². The summed E-state index contributed by atoms with van der Waals surface area (Å²) in [6.07, 6.45) is 0.909. The standard InChI is InChI=1S/C18H19N3O6S/c1-12(18(23)19-15-7-4-6-14(10-15)13(2)22)20(28(3,26)27)16-8-5-9-17(11-16)21(24)25/h4-12H,1-3H3,(H,19,23)/t12-/m1/s1. The Morgan fingerprint density at radius 2 is 1.79 bits per heavy atom. The number of amides is 1. The molecule has 28 heavy (non-hydrogen) atoms. The fourth-order valence-corrected chi connectivity index (χ4v) is 3.78. The van der Waals surface area contributed by atoms with Crippen LogP contribution in [0.4, 0.5) is 17.1 Å². The number of anilines is 2. The van der Waals surface area contributed by atoms with Gasteiger partial charge in [-0.25, -0.2) is 8.42 Å². The summed E-state index contributed by atoms with van der Waals surface area (Å²) in [5, 5.41) is 13.6. The number of ketones is 1. The van der Waals surface area contributed by atoms with Gasteiger partial charge in [0.15, 0.2) is 5.78 Å². The molecule has 9 nitrogen and oxygen atoms in total. The first kappa shape index (κ1) is 21.0. The lowest BCUT2D eigenvalue weighted by atomic mass is 10.1. The molecule has 1 N–H and O–H groups in total. The van der Waals surface area contributed by atoms with Crippen molar-refractivity contribution in [2.75, 3.05) is 15.9 Å². The summed E-state index contributed by atoms with van der Waals surface area (Å²) in [5.74, 6) is -0.837.